The van der Waals surface area contributed by atoms with E-state index in [0.717, 1.165) is 54.7 Å². The summed E-state index contributed by atoms with van der Waals surface area (Å²) in [6.45, 7) is 12.2. The Morgan fingerprint density at radius 1 is 0.779 bits per heavy atom. The predicted molar refractivity (Wildman–Crippen MR) is 276 cm³/mol. The van der Waals surface area contributed by atoms with E-state index >= 15 is 0 Å². The van der Waals surface area contributed by atoms with Crippen molar-refractivity contribution >= 4 is 58.4 Å². The fourth-order valence-electron chi connectivity index (χ4n) is 9.77. The first-order chi connectivity index (χ1) is 37.5. The molecule has 406 valence electrons. The van der Waals surface area contributed by atoms with E-state index in [9.17, 15) is 38.4 Å². The molecule has 3 fully saturated rings. The molecule has 0 saturated carbocycles. The number of fused-ring (bicyclic) bond motifs is 4. The van der Waals surface area contributed by atoms with Gasteiger partial charge in [0.2, 0.25) is 17.7 Å². The number of carbonyl (C=O) groups is 8. The molecular weight excluding hydrogens is 995 g/mol. The molecular formula is C55H63N9O13. The van der Waals surface area contributed by atoms with Crippen molar-refractivity contribution in [3.63, 3.8) is 0 Å². The summed E-state index contributed by atoms with van der Waals surface area (Å²) in [5.74, 6) is -3.16. The zero-order valence-electron chi connectivity index (χ0n) is 42.8. The number of alkyl carbamates (subject to hydrolysis) is 1. The van der Waals surface area contributed by atoms with Gasteiger partial charge in [-0.25, -0.2) is 16.2 Å². The van der Waals surface area contributed by atoms with Crippen LogP contribution in [0.4, 0.5) is 4.79 Å². The number of hydrogen-bond acceptors (Lipinski definition) is 15. The van der Waals surface area contributed by atoms with E-state index in [2.05, 4.69) is 30.7 Å². The third kappa shape index (κ3) is 14.7. The first-order valence-electron chi connectivity index (χ1n) is 26.0. The number of amides is 7. The van der Waals surface area contributed by atoms with Gasteiger partial charge in [0.25, 0.3) is 17.7 Å². The number of ether oxygens (including phenoxy) is 4. The largest absolute Gasteiger partial charge is 0.494 e. The van der Waals surface area contributed by atoms with E-state index in [1.54, 1.807) is 30.5 Å². The Kier molecular flexibility index (Phi) is 19.5. The van der Waals surface area contributed by atoms with Crippen LogP contribution in [0.2, 0.25) is 0 Å². The van der Waals surface area contributed by atoms with Crippen LogP contribution in [-0.4, -0.2) is 176 Å². The van der Waals surface area contributed by atoms with Crippen LogP contribution in [0.15, 0.2) is 79.0 Å². The smallest absolute Gasteiger partial charge is 0.407 e. The molecule has 3 aromatic carbocycles. The molecule has 2 atom stereocenters. The van der Waals surface area contributed by atoms with Gasteiger partial charge in [-0.05, 0) is 65.8 Å². The number of hydroxylamine groups is 2. The monoisotopic (exact) mass is 1060 g/mol. The highest BCUT2D eigenvalue weighted by Gasteiger charge is 2.35. The van der Waals surface area contributed by atoms with Crippen molar-refractivity contribution < 1.29 is 62.1 Å². The van der Waals surface area contributed by atoms with E-state index in [-0.39, 0.29) is 89.5 Å². The summed E-state index contributed by atoms with van der Waals surface area (Å²) in [7, 11) is 0. The van der Waals surface area contributed by atoms with Gasteiger partial charge in [0.15, 0.2) is 0 Å². The fraction of sp³-hybridized carbons (Fsp3) is 0.455. The molecule has 0 radical (unpaired) electrons. The summed E-state index contributed by atoms with van der Waals surface area (Å²) in [6.07, 6.45) is 1.80. The van der Waals surface area contributed by atoms with E-state index in [1.165, 1.54) is 4.90 Å². The molecule has 0 spiro atoms. The van der Waals surface area contributed by atoms with Gasteiger partial charge < -0.3 is 44.6 Å². The Morgan fingerprint density at radius 3 is 2.22 bits per heavy atom. The minimum Gasteiger partial charge on any atom is -0.494 e. The van der Waals surface area contributed by atoms with Gasteiger partial charge in [0.1, 0.15) is 18.4 Å². The summed E-state index contributed by atoms with van der Waals surface area (Å²) >= 11 is 0. The lowest BCUT2D eigenvalue weighted by molar-refractivity contribution is -0.197. The highest BCUT2D eigenvalue weighted by atomic mass is 16.7. The SMILES string of the molecule is [C-]#[N+][C@@H]1CCCN1C(=O)CNC(=O)c1ccnc2ccc(OCCCN3CCN(C(=O)CCOCCOCCNC(=O)C(CCC(=O)ON4C(=O)CCC4=O)NC(=O)OCC4c5ccccc5-c5ccccc54)CC3)cc12. The van der Waals surface area contributed by atoms with Gasteiger partial charge in [-0.3, -0.25) is 48.4 Å². The summed E-state index contributed by atoms with van der Waals surface area (Å²) in [5.41, 5.74) is 5.10. The molecule has 77 heavy (non-hydrogen) atoms. The number of carbonyl (C=O) groups excluding carboxylic acids is 8. The standard InChI is InChI=1S/C55H63N9O13/c1-56-47-12-6-24-63(47)51(68)35-59-53(70)42-19-21-57-45-14-13-37(34-43(42)45)75-29-7-23-61-25-27-62(28-26-61)48(65)20-30-73-32-33-74-31-22-58-54(71)46(15-18-52(69)77-64-49(66)16-17-50(64)67)60-55(72)76-36-44-40-10-4-2-8-38(40)39-9-3-5-11-41(39)44/h2-5,8-11,13-14,19,21,34,44,46-47H,6-7,12,15-18,20,22-33,35-36H2,(H,58,71)(H,59,70)(H,60,72)/t46?,47-/m0/s1. The van der Waals surface area contributed by atoms with Crippen molar-refractivity contribution in [2.75, 3.05) is 92.0 Å². The van der Waals surface area contributed by atoms with E-state index < -0.39 is 54.3 Å². The molecule has 4 heterocycles. The molecule has 7 amide bonds. The second kappa shape index (κ2) is 27.2. The maximum atomic E-state index is 13.3. The summed E-state index contributed by atoms with van der Waals surface area (Å²) in [6, 6.07) is 21.4. The van der Waals surface area contributed by atoms with Crippen LogP contribution < -0.4 is 20.7 Å². The number of rotatable bonds is 25. The van der Waals surface area contributed by atoms with Gasteiger partial charge in [0.05, 0.1) is 63.5 Å². The summed E-state index contributed by atoms with van der Waals surface area (Å²) in [4.78, 5) is 120. The minimum absolute atomic E-state index is 0.00207. The van der Waals surface area contributed by atoms with Crippen molar-refractivity contribution in [3.05, 3.63) is 107 Å². The van der Waals surface area contributed by atoms with Crippen molar-refractivity contribution in [1.82, 2.24) is 40.7 Å². The number of nitrogens with zero attached hydrogens (tertiary/aromatic N) is 6. The third-order valence-electron chi connectivity index (χ3n) is 13.8. The highest BCUT2D eigenvalue weighted by molar-refractivity contribution is 6.07. The summed E-state index contributed by atoms with van der Waals surface area (Å²) < 4.78 is 23.0. The molecule has 1 aromatic heterocycles. The van der Waals surface area contributed by atoms with Crippen molar-refractivity contribution in [2.24, 2.45) is 0 Å². The van der Waals surface area contributed by atoms with Crippen molar-refractivity contribution in [2.45, 2.75) is 69.5 Å². The Labute approximate surface area is 445 Å². The zero-order valence-corrected chi connectivity index (χ0v) is 42.8. The first kappa shape index (κ1) is 55.2. The van der Waals surface area contributed by atoms with Crippen LogP contribution in [0.5, 0.6) is 5.75 Å². The minimum atomic E-state index is -1.24. The molecule has 3 aliphatic heterocycles. The average Bonchev–Trinajstić information content (AvgIpc) is 4.16. The average molecular weight is 1060 g/mol. The molecule has 3 N–H and O–H groups in total. The van der Waals surface area contributed by atoms with Crippen LogP contribution in [0.3, 0.4) is 0 Å². The first-order valence-corrected chi connectivity index (χ1v) is 26.0. The maximum absolute atomic E-state index is 13.3. The van der Waals surface area contributed by atoms with Crippen LogP contribution in [-0.2, 0) is 47.8 Å². The van der Waals surface area contributed by atoms with Gasteiger partial charge >= 0.3 is 18.2 Å². The number of hydrogen-bond donors (Lipinski definition) is 3. The molecule has 1 unspecified atom stereocenters. The lowest BCUT2D eigenvalue weighted by Crippen LogP contribution is -2.49. The van der Waals surface area contributed by atoms with Gasteiger partial charge in [0, 0.05) is 82.6 Å². The molecule has 22 nitrogen and oxygen atoms in total. The number of likely N-dealkylation sites (tertiary alicyclic amines) is 1. The van der Waals surface area contributed by atoms with E-state index in [4.69, 9.17) is 30.4 Å². The topological polar surface area (TPSA) is 249 Å². The lowest BCUT2D eigenvalue weighted by atomic mass is 9.98. The molecule has 3 saturated heterocycles. The second-order valence-electron chi connectivity index (χ2n) is 18.9. The number of piperazine rings is 1. The van der Waals surface area contributed by atoms with Crippen LogP contribution in [0.1, 0.15) is 78.8 Å². The lowest BCUT2D eigenvalue weighted by Gasteiger charge is -2.34. The second-order valence-corrected chi connectivity index (χ2v) is 18.9. The molecule has 22 heteroatoms. The maximum Gasteiger partial charge on any atom is 0.407 e. The molecule has 1 aliphatic carbocycles. The van der Waals surface area contributed by atoms with Crippen molar-refractivity contribution in [3.8, 4) is 16.9 Å². The van der Waals surface area contributed by atoms with E-state index in [1.807, 2.05) is 53.4 Å². The zero-order chi connectivity index (χ0) is 54.1. The predicted octanol–water partition coefficient (Wildman–Crippen LogP) is 3.58. The van der Waals surface area contributed by atoms with Gasteiger partial charge in [-0.1, -0.05) is 48.5 Å². The van der Waals surface area contributed by atoms with Gasteiger partial charge in [-0.15, -0.1) is 5.06 Å². The van der Waals surface area contributed by atoms with Crippen LogP contribution in [0, 0.1) is 6.57 Å². The Hall–Kier alpha value is -8.00. The number of benzene rings is 3. The molecule has 4 aliphatic rings. The van der Waals surface area contributed by atoms with Crippen LogP contribution >= 0.6 is 0 Å². The highest BCUT2D eigenvalue weighted by Crippen LogP contribution is 2.44. The Balaban J connectivity index is 0.684. The fourth-order valence-corrected chi connectivity index (χ4v) is 9.77. The quantitative estimate of drug-likeness (QED) is 0.0488. The molecule has 4 aromatic rings. The molecule has 8 rings (SSSR count). The Bertz CT molecular complexity index is 2790. The number of imide groups is 1. The summed E-state index contributed by atoms with van der Waals surface area (Å²) in [5, 5.41) is 8.97. The Morgan fingerprint density at radius 2 is 1.49 bits per heavy atom. The van der Waals surface area contributed by atoms with Crippen LogP contribution in [0.25, 0.3) is 26.9 Å². The van der Waals surface area contributed by atoms with Gasteiger partial charge in [-0.2, -0.15) is 0 Å². The van der Waals surface area contributed by atoms with Crippen molar-refractivity contribution in [1.29, 1.82) is 0 Å². The van der Waals surface area contributed by atoms with E-state index in [0.29, 0.717) is 59.9 Å². The molecule has 0 bridgehead atoms. The number of aromatic nitrogens is 1. The third-order valence-corrected chi connectivity index (χ3v) is 13.8. The normalized spacial score (nSPS) is 16.6. The number of nitrogens with one attached hydrogen (secondary N) is 3. The number of pyridine rings is 1.